The molecule has 0 spiro atoms. The third kappa shape index (κ3) is 4.31. The predicted molar refractivity (Wildman–Crippen MR) is 167 cm³/mol. The lowest BCUT2D eigenvalue weighted by atomic mass is 9.67. The van der Waals surface area contributed by atoms with E-state index in [0.29, 0.717) is 16.9 Å². The van der Waals surface area contributed by atoms with E-state index < -0.39 is 70.7 Å². The van der Waals surface area contributed by atoms with Crippen LogP contribution in [0.2, 0.25) is 0 Å². The Balaban J connectivity index is 1.44. The first-order valence-corrected chi connectivity index (χ1v) is 16.4. The second-order valence-electron chi connectivity index (χ2n) is 13.0. The van der Waals surface area contributed by atoms with Crippen LogP contribution in [0.25, 0.3) is 10.5 Å². The average Bonchev–Trinajstić information content (AvgIpc) is 3.29. The normalized spacial score (nSPS) is 25.1. The van der Waals surface area contributed by atoms with Crippen molar-refractivity contribution < 1.29 is 37.0 Å². The first kappa shape index (κ1) is 30.1. The highest BCUT2D eigenvalue weighted by Crippen LogP contribution is 2.66. The first-order chi connectivity index (χ1) is 22.4. The molecular weight excluding hydrogens is 635 g/mol. The van der Waals surface area contributed by atoms with Crippen molar-refractivity contribution in [1.29, 1.82) is 0 Å². The number of benzene rings is 2. The van der Waals surface area contributed by atoms with Crippen LogP contribution in [-0.4, -0.2) is 59.4 Å². The summed E-state index contributed by atoms with van der Waals surface area (Å²) in [6.45, 7) is 5.46. The fraction of sp³-hybridized carbons (Fsp3) is 0.382. The minimum atomic E-state index is -3.44. The number of carbonyl (C=O) groups is 2. The second kappa shape index (κ2) is 10.4. The largest absolute Gasteiger partial charge is 0.514 e. The van der Waals surface area contributed by atoms with E-state index in [1.54, 1.807) is 24.9 Å². The van der Waals surface area contributed by atoms with Crippen LogP contribution in [0.1, 0.15) is 71.5 Å². The SMILES string of the molecule is CC(C)OC(=O)Oc1c2n(ccc1=O)N([C@H]1c3ccccc3C3=C4c5c1ccc(F)c5C(F)(F)CC4(C)CS3)[C@@H]1COCCN1C2=O. The number of halogens is 3. The molecule has 1 amide bonds. The summed E-state index contributed by atoms with van der Waals surface area (Å²) in [6.07, 6.45) is -1.59. The van der Waals surface area contributed by atoms with Gasteiger partial charge >= 0.3 is 6.16 Å². The van der Waals surface area contributed by atoms with E-state index in [0.717, 1.165) is 22.1 Å². The Morgan fingerprint density at radius 2 is 1.89 bits per heavy atom. The lowest BCUT2D eigenvalue weighted by Crippen LogP contribution is -2.66. The highest BCUT2D eigenvalue weighted by atomic mass is 32.2. The summed E-state index contributed by atoms with van der Waals surface area (Å²) in [5, 5.41) is 1.79. The van der Waals surface area contributed by atoms with Gasteiger partial charge in [-0.05, 0) is 47.7 Å². The zero-order valence-corrected chi connectivity index (χ0v) is 26.5. The van der Waals surface area contributed by atoms with Crippen LogP contribution in [0.15, 0.2) is 53.5 Å². The fourth-order valence-electron chi connectivity index (χ4n) is 7.76. The van der Waals surface area contributed by atoms with Gasteiger partial charge in [0.2, 0.25) is 11.2 Å². The molecule has 1 unspecified atom stereocenters. The number of fused-ring (bicyclic) bond motifs is 4. The van der Waals surface area contributed by atoms with Gasteiger partial charge in [0.05, 0.1) is 30.9 Å². The Morgan fingerprint density at radius 3 is 2.68 bits per heavy atom. The van der Waals surface area contributed by atoms with Gasteiger partial charge in [0.15, 0.2) is 5.69 Å². The molecule has 8 rings (SSSR count). The minimum absolute atomic E-state index is 0.0563. The van der Waals surface area contributed by atoms with E-state index in [2.05, 4.69) is 0 Å². The molecule has 13 heteroatoms. The molecule has 0 saturated carbocycles. The van der Waals surface area contributed by atoms with Crippen LogP contribution < -0.4 is 15.2 Å². The van der Waals surface area contributed by atoms with Gasteiger partial charge in [-0.15, -0.1) is 11.8 Å². The van der Waals surface area contributed by atoms with Gasteiger partial charge in [-0.25, -0.2) is 18.0 Å². The zero-order valence-electron chi connectivity index (χ0n) is 25.7. The summed E-state index contributed by atoms with van der Waals surface area (Å²) in [5.74, 6) is -5.09. The smallest absolute Gasteiger partial charge is 0.431 e. The van der Waals surface area contributed by atoms with Crippen molar-refractivity contribution in [3.05, 3.63) is 98.2 Å². The Morgan fingerprint density at radius 1 is 1.11 bits per heavy atom. The van der Waals surface area contributed by atoms with E-state index in [4.69, 9.17) is 14.2 Å². The molecule has 1 fully saturated rings. The van der Waals surface area contributed by atoms with Crippen LogP contribution in [-0.2, 0) is 15.4 Å². The quantitative estimate of drug-likeness (QED) is 0.321. The summed E-state index contributed by atoms with van der Waals surface area (Å²) in [6, 6.07) is 10.5. The van der Waals surface area contributed by atoms with Gasteiger partial charge < -0.3 is 19.1 Å². The van der Waals surface area contributed by atoms with Gasteiger partial charge in [-0.3, -0.25) is 19.3 Å². The van der Waals surface area contributed by atoms with Crippen LogP contribution in [0.3, 0.4) is 0 Å². The monoisotopic (exact) mass is 665 g/mol. The maximum absolute atomic E-state index is 16.1. The Bertz CT molecular complexity index is 1980. The number of hydrogen-bond donors (Lipinski definition) is 0. The standard InChI is InChI=1S/C34H30F3N3O6S/c1-17(2)45-32(43)46-29-22(41)10-11-39-28(29)31(42)38-12-13-44-14-23(38)40(39)27-18-6-4-5-7-19(18)30-26-24-20(27)8-9-21(35)25(24)34(36,37)15-33(26,3)16-47-30/h4-11,17,23,27H,12-16H2,1-3H3/t23-,27+,33?/m1/s1. The summed E-state index contributed by atoms with van der Waals surface area (Å²) in [7, 11) is 0. The van der Waals surface area contributed by atoms with E-state index in [1.807, 2.05) is 31.2 Å². The number of morpholine rings is 1. The number of nitrogens with zero attached hydrogens (tertiary/aromatic N) is 3. The van der Waals surface area contributed by atoms with Crippen molar-refractivity contribution in [2.24, 2.45) is 5.41 Å². The van der Waals surface area contributed by atoms with Crippen molar-refractivity contribution in [2.45, 2.75) is 51.4 Å². The van der Waals surface area contributed by atoms with E-state index in [1.165, 1.54) is 33.6 Å². The van der Waals surface area contributed by atoms with Crippen LogP contribution in [0.5, 0.6) is 5.75 Å². The molecule has 3 aliphatic heterocycles. The van der Waals surface area contributed by atoms with Crippen LogP contribution >= 0.6 is 11.8 Å². The van der Waals surface area contributed by atoms with Gasteiger partial charge in [0.1, 0.15) is 12.0 Å². The van der Waals surface area contributed by atoms with Crippen molar-refractivity contribution in [1.82, 2.24) is 9.58 Å². The van der Waals surface area contributed by atoms with Gasteiger partial charge in [0, 0.05) is 41.3 Å². The number of rotatable bonds is 3. The third-order valence-corrected chi connectivity index (χ3v) is 11.0. The molecule has 4 heterocycles. The molecule has 2 aromatic carbocycles. The molecule has 1 saturated heterocycles. The number of carbonyl (C=O) groups excluding carboxylic acids is 2. The van der Waals surface area contributed by atoms with E-state index in [9.17, 15) is 14.4 Å². The molecule has 0 bridgehead atoms. The summed E-state index contributed by atoms with van der Waals surface area (Å²) >= 11 is 1.49. The molecule has 1 aromatic heterocycles. The molecule has 3 aromatic rings. The zero-order chi connectivity index (χ0) is 33.0. The van der Waals surface area contributed by atoms with E-state index in [-0.39, 0.29) is 31.0 Å². The van der Waals surface area contributed by atoms with Crippen LogP contribution in [0, 0.1) is 11.2 Å². The summed E-state index contributed by atoms with van der Waals surface area (Å²) < 4.78 is 65.8. The van der Waals surface area contributed by atoms with Gasteiger partial charge in [0.25, 0.3) is 11.8 Å². The number of aromatic nitrogens is 1. The highest BCUT2D eigenvalue weighted by Gasteiger charge is 2.57. The molecule has 0 N–H and O–H groups in total. The Hall–Kier alpha value is -4.23. The topological polar surface area (TPSA) is 90.3 Å². The lowest BCUT2D eigenvalue weighted by Gasteiger charge is -2.52. The average molecular weight is 666 g/mol. The van der Waals surface area contributed by atoms with E-state index >= 15 is 13.2 Å². The van der Waals surface area contributed by atoms with Crippen molar-refractivity contribution in [3.63, 3.8) is 0 Å². The van der Waals surface area contributed by atoms with Gasteiger partial charge in [-0.2, -0.15) is 0 Å². The third-order valence-electron chi connectivity index (χ3n) is 9.51. The number of hydrogen-bond acceptors (Lipinski definition) is 8. The number of amides is 1. The number of pyridine rings is 1. The van der Waals surface area contributed by atoms with Crippen molar-refractivity contribution in [3.8, 4) is 5.75 Å². The first-order valence-electron chi connectivity index (χ1n) is 15.4. The lowest BCUT2D eigenvalue weighted by molar-refractivity contribution is -0.0420. The molecule has 2 aliphatic carbocycles. The van der Waals surface area contributed by atoms with Crippen LogP contribution in [0.4, 0.5) is 18.0 Å². The summed E-state index contributed by atoms with van der Waals surface area (Å²) in [4.78, 5) is 42.4. The molecule has 47 heavy (non-hydrogen) atoms. The van der Waals surface area contributed by atoms with Crippen molar-refractivity contribution in [2.75, 3.05) is 30.5 Å². The fourth-order valence-corrected chi connectivity index (χ4v) is 9.30. The van der Waals surface area contributed by atoms with Gasteiger partial charge in [-0.1, -0.05) is 37.3 Å². The Kier molecular flexibility index (Phi) is 6.66. The molecule has 0 radical (unpaired) electrons. The maximum atomic E-state index is 16.1. The molecule has 5 aliphatic rings. The number of ether oxygens (including phenoxy) is 3. The molecule has 244 valence electrons. The molecule has 9 nitrogen and oxygen atoms in total. The highest BCUT2D eigenvalue weighted by molar-refractivity contribution is 8.09. The number of alkyl halides is 2. The minimum Gasteiger partial charge on any atom is -0.431 e. The maximum Gasteiger partial charge on any atom is 0.514 e. The van der Waals surface area contributed by atoms with Crippen molar-refractivity contribution >= 4 is 34.3 Å². The molecular formula is C34H30F3N3O6S. The Labute approximate surface area is 271 Å². The second-order valence-corrected chi connectivity index (χ2v) is 14.0. The summed E-state index contributed by atoms with van der Waals surface area (Å²) in [5.41, 5.74) is 0.341. The predicted octanol–water partition coefficient (Wildman–Crippen LogP) is 5.88. The number of allylic oxidation sites excluding steroid dienone is 1. The molecule has 3 atom stereocenters. The number of thioether (sulfide) groups is 1.